The third kappa shape index (κ3) is 2.60. The van der Waals surface area contributed by atoms with Crippen LogP contribution in [0.2, 0.25) is 0 Å². The Morgan fingerprint density at radius 1 is 1.27 bits per heavy atom. The molecule has 0 aliphatic carbocycles. The van der Waals surface area contributed by atoms with Crippen LogP contribution in [-0.2, 0) is 0 Å². The number of hydrogen-bond acceptors (Lipinski definition) is 0. The molecule has 0 aromatic heterocycles. The summed E-state index contributed by atoms with van der Waals surface area (Å²) in [5.41, 5.74) is 0. The van der Waals surface area contributed by atoms with Crippen LogP contribution in [-0.4, -0.2) is 25.2 Å². The Kier molecular flexibility index (Phi) is 2.88. The van der Waals surface area contributed by atoms with Crippen LogP contribution in [0.5, 0.6) is 0 Å². The Morgan fingerprint density at radius 2 is 1.82 bits per heavy atom. The van der Waals surface area contributed by atoms with Crippen molar-refractivity contribution in [3.05, 3.63) is 0 Å². The van der Waals surface area contributed by atoms with E-state index in [0.717, 1.165) is 0 Å². The Hall–Kier alpha value is 0.720. The molecule has 0 atom stereocenters. The summed E-state index contributed by atoms with van der Waals surface area (Å²) >= 11 is 6.74. The summed E-state index contributed by atoms with van der Waals surface area (Å²) in [5.74, 6) is -1.60. The molecule has 0 N–H and O–H groups in total. The van der Waals surface area contributed by atoms with E-state index in [2.05, 4.69) is 13.6 Å². The molecule has 1 rings (SSSR count). The number of unbranched alkanes of at least 4 members (excludes halogenated alkanes) is 1. The van der Waals surface area contributed by atoms with E-state index in [4.69, 9.17) is 11.2 Å². The van der Waals surface area contributed by atoms with Gasteiger partial charge in [-0.25, -0.2) is 0 Å². The molecule has 0 spiro atoms. The van der Waals surface area contributed by atoms with Crippen LogP contribution in [0.3, 0.4) is 0 Å². The van der Waals surface area contributed by atoms with Gasteiger partial charge >= 0.3 is 75.0 Å². The Morgan fingerprint density at radius 3 is 2.27 bits per heavy atom. The van der Waals surface area contributed by atoms with Gasteiger partial charge in [-0.05, 0) is 0 Å². The molecule has 68 valence electrons. The van der Waals surface area contributed by atoms with E-state index in [1.54, 1.807) is 0 Å². The van der Waals surface area contributed by atoms with Crippen LogP contribution in [0.1, 0.15) is 32.6 Å². The Labute approximate surface area is 75.4 Å². The molecule has 0 aromatic carbocycles. The van der Waals surface area contributed by atoms with Gasteiger partial charge in [0.25, 0.3) is 0 Å². The van der Waals surface area contributed by atoms with Crippen molar-refractivity contribution in [1.82, 2.24) is 0 Å². The van der Waals surface area contributed by atoms with Gasteiger partial charge in [-0.3, -0.25) is 0 Å². The molecule has 1 fully saturated rings. The zero-order valence-electron chi connectivity index (χ0n) is 7.77. The molecular weight excluding hydrogens is 175 g/mol. The molecule has 0 bridgehead atoms. The summed E-state index contributed by atoms with van der Waals surface area (Å²) in [6, 6.07) is 0. The first-order valence-electron chi connectivity index (χ1n) is 4.77. The second kappa shape index (κ2) is 3.23. The van der Waals surface area contributed by atoms with Gasteiger partial charge < -0.3 is 0 Å². The van der Waals surface area contributed by atoms with Crippen molar-refractivity contribution in [2.24, 2.45) is 0 Å². The molecule has 0 radical (unpaired) electrons. The molecule has 1 heterocycles. The molecule has 1 saturated heterocycles. The van der Waals surface area contributed by atoms with Gasteiger partial charge in [0.1, 0.15) is 0 Å². The zero-order valence-corrected chi connectivity index (χ0v) is 9.43. The van der Waals surface area contributed by atoms with Gasteiger partial charge in [0, 0.05) is 0 Å². The molecule has 0 amide bonds. The summed E-state index contributed by atoms with van der Waals surface area (Å²) < 4.78 is 0. The van der Waals surface area contributed by atoms with E-state index in [1.807, 2.05) is 0 Å². The summed E-state index contributed by atoms with van der Waals surface area (Å²) in [5, 5.41) is 0. The monoisotopic (exact) mass is 194 g/mol. The average Bonchev–Trinajstić information content (AvgIpc) is 2.29. The van der Waals surface area contributed by atoms with Crippen LogP contribution in [0.15, 0.2) is 0 Å². The summed E-state index contributed by atoms with van der Waals surface area (Å²) in [6.45, 7) is 4.64. The fourth-order valence-electron chi connectivity index (χ4n) is 2.04. The van der Waals surface area contributed by atoms with Crippen molar-refractivity contribution in [2.45, 2.75) is 32.6 Å². The number of hydrogen-bond donors (Lipinski definition) is 0. The van der Waals surface area contributed by atoms with Crippen LogP contribution in [0, 0.1) is 0 Å². The average molecular weight is 195 g/mol. The van der Waals surface area contributed by atoms with Gasteiger partial charge in [0.05, 0.1) is 0 Å². The maximum absolute atomic E-state index is 6.74. The summed E-state index contributed by atoms with van der Waals surface area (Å²) in [6.07, 6.45) is 9.48. The van der Waals surface area contributed by atoms with E-state index in [-0.39, 0.29) is 0 Å². The van der Waals surface area contributed by atoms with Crippen LogP contribution in [0.4, 0.5) is 0 Å². The third-order valence-corrected chi connectivity index (χ3v) is 9.17. The molecular formula is C9H20ClP. The molecule has 2 heteroatoms. The van der Waals surface area contributed by atoms with Crippen molar-refractivity contribution in [2.75, 3.05) is 25.2 Å². The molecule has 1 aliphatic rings. The zero-order chi connectivity index (χ0) is 8.40. The van der Waals surface area contributed by atoms with Crippen molar-refractivity contribution in [3.63, 3.8) is 0 Å². The van der Waals surface area contributed by atoms with E-state index in [0.29, 0.717) is 0 Å². The standard InChI is InChI=1S/C9H20ClP/c1-3-4-7-11(2,10)8-5-6-9-11/h3-9H2,1-2H3. The molecule has 0 unspecified atom stereocenters. The quantitative estimate of drug-likeness (QED) is 0.598. The van der Waals surface area contributed by atoms with E-state index < -0.39 is 5.96 Å². The van der Waals surface area contributed by atoms with Crippen molar-refractivity contribution >= 4 is 17.2 Å². The molecule has 1 aliphatic heterocycles. The van der Waals surface area contributed by atoms with Crippen LogP contribution < -0.4 is 0 Å². The maximum atomic E-state index is 6.74. The summed E-state index contributed by atoms with van der Waals surface area (Å²) in [7, 11) is 0. The minimum atomic E-state index is -1.60. The summed E-state index contributed by atoms with van der Waals surface area (Å²) in [4.78, 5) is 0. The number of halogens is 1. The molecule has 0 aromatic rings. The van der Waals surface area contributed by atoms with Gasteiger partial charge in [-0.15, -0.1) is 0 Å². The predicted molar refractivity (Wildman–Crippen MR) is 57.4 cm³/mol. The van der Waals surface area contributed by atoms with E-state index in [1.165, 1.54) is 44.2 Å². The molecule has 0 nitrogen and oxygen atoms in total. The number of rotatable bonds is 3. The topological polar surface area (TPSA) is 0 Å². The fourth-order valence-corrected chi connectivity index (χ4v) is 7.20. The Balaban J connectivity index is 2.48. The second-order valence-electron chi connectivity index (χ2n) is 4.38. The first kappa shape index (κ1) is 9.81. The minimum absolute atomic E-state index is 1.30. The van der Waals surface area contributed by atoms with Crippen molar-refractivity contribution in [1.29, 1.82) is 0 Å². The van der Waals surface area contributed by atoms with Crippen LogP contribution in [0.25, 0.3) is 0 Å². The fraction of sp³-hybridized carbons (Fsp3) is 1.00. The van der Waals surface area contributed by atoms with Crippen molar-refractivity contribution in [3.8, 4) is 0 Å². The first-order chi connectivity index (χ1) is 5.05. The molecule has 0 saturated carbocycles. The predicted octanol–water partition coefficient (Wildman–Crippen LogP) is 3.92. The van der Waals surface area contributed by atoms with E-state index >= 15 is 0 Å². The van der Waals surface area contributed by atoms with E-state index in [9.17, 15) is 0 Å². The Bertz CT molecular complexity index is 132. The van der Waals surface area contributed by atoms with Gasteiger partial charge in [0.15, 0.2) is 0 Å². The SMILES string of the molecule is CCCCP1(C)(Cl)CCCC1. The third-order valence-electron chi connectivity index (χ3n) is 2.95. The van der Waals surface area contributed by atoms with Crippen molar-refractivity contribution < 1.29 is 0 Å². The second-order valence-corrected chi connectivity index (χ2v) is 13.2. The molecule has 11 heavy (non-hydrogen) atoms. The van der Waals surface area contributed by atoms with Crippen LogP contribution >= 0.6 is 17.2 Å². The van der Waals surface area contributed by atoms with Gasteiger partial charge in [-0.2, -0.15) is 0 Å². The first-order valence-corrected chi connectivity index (χ1v) is 8.92. The normalized spacial score (nSPS) is 31.0. The van der Waals surface area contributed by atoms with Gasteiger partial charge in [-0.1, -0.05) is 0 Å². The van der Waals surface area contributed by atoms with Gasteiger partial charge in [0.2, 0.25) is 0 Å².